The molecule has 2 aromatic heterocycles. The first-order chi connectivity index (χ1) is 8.61. The molecule has 2 heterocycles. The second-order valence-corrected chi connectivity index (χ2v) is 3.47. The van der Waals surface area contributed by atoms with E-state index in [1.807, 2.05) is 6.92 Å². The lowest BCUT2D eigenvalue weighted by Crippen LogP contribution is -2.12. The molecular formula is C10H10N4O4. The lowest BCUT2D eigenvalue weighted by molar-refractivity contribution is -0.402. The van der Waals surface area contributed by atoms with Crippen LogP contribution in [0.15, 0.2) is 22.7 Å². The number of hydrogen-bond acceptors (Lipinski definition) is 5. The number of amides is 1. The number of carbonyl (C=O) groups excluding carboxylic acids is 1. The fourth-order valence-electron chi connectivity index (χ4n) is 1.41. The van der Waals surface area contributed by atoms with Gasteiger partial charge in [-0.05, 0) is 12.5 Å². The lowest BCUT2D eigenvalue weighted by atomic mass is 10.2. The first-order valence-corrected chi connectivity index (χ1v) is 5.19. The quantitative estimate of drug-likeness (QED) is 0.633. The summed E-state index contributed by atoms with van der Waals surface area (Å²) in [6, 6.07) is 2.37. The molecule has 0 saturated heterocycles. The highest BCUT2D eigenvalue weighted by atomic mass is 16.6. The summed E-state index contributed by atoms with van der Waals surface area (Å²) in [5, 5.41) is 19.4. The number of furan rings is 1. The molecule has 0 aliphatic rings. The standard InChI is InChI=1S/C10H10N4O4/c1-2-6-5-11-13-9(6)12-10(15)7-3-4-8(18-7)14(16)17/h3-5H,2H2,1H3,(H2,11,12,13,15). The molecule has 0 bridgehead atoms. The molecule has 18 heavy (non-hydrogen) atoms. The largest absolute Gasteiger partial charge is 0.433 e. The number of nitrogens with zero attached hydrogens (tertiary/aromatic N) is 2. The molecule has 0 fully saturated rings. The third-order valence-corrected chi connectivity index (χ3v) is 2.33. The zero-order chi connectivity index (χ0) is 13.1. The maximum atomic E-state index is 11.7. The molecule has 0 aliphatic carbocycles. The number of nitrogens with one attached hydrogen (secondary N) is 2. The third kappa shape index (κ3) is 2.21. The van der Waals surface area contributed by atoms with Crippen LogP contribution in [0.2, 0.25) is 0 Å². The summed E-state index contributed by atoms with van der Waals surface area (Å²) in [5.74, 6) is -0.706. The number of H-pyrrole nitrogens is 1. The van der Waals surface area contributed by atoms with Crippen molar-refractivity contribution in [3.63, 3.8) is 0 Å². The van der Waals surface area contributed by atoms with Gasteiger partial charge in [0.25, 0.3) is 5.91 Å². The molecular weight excluding hydrogens is 240 g/mol. The van der Waals surface area contributed by atoms with E-state index >= 15 is 0 Å². The van der Waals surface area contributed by atoms with Crippen molar-refractivity contribution >= 4 is 17.6 Å². The average molecular weight is 250 g/mol. The Morgan fingerprint density at radius 2 is 2.39 bits per heavy atom. The molecule has 2 N–H and O–H groups in total. The Balaban J connectivity index is 2.14. The number of aromatic nitrogens is 2. The van der Waals surface area contributed by atoms with Gasteiger partial charge >= 0.3 is 5.88 Å². The third-order valence-electron chi connectivity index (χ3n) is 2.33. The van der Waals surface area contributed by atoms with Gasteiger partial charge in [0, 0.05) is 5.56 Å². The molecule has 0 atom stereocenters. The van der Waals surface area contributed by atoms with E-state index in [0.29, 0.717) is 12.2 Å². The molecule has 0 radical (unpaired) electrons. The minimum atomic E-state index is -0.704. The summed E-state index contributed by atoms with van der Waals surface area (Å²) in [6.07, 6.45) is 2.30. The molecule has 1 amide bonds. The predicted molar refractivity (Wildman–Crippen MR) is 61.3 cm³/mol. The van der Waals surface area contributed by atoms with Gasteiger partial charge in [-0.15, -0.1) is 0 Å². The van der Waals surface area contributed by atoms with Gasteiger partial charge in [0.1, 0.15) is 10.7 Å². The Morgan fingerprint density at radius 1 is 1.61 bits per heavy atom. The highest BCUT2D eigenvalue weighted by molar-refractivity contribution is 6.02. The normalized spacial score (nSPS) is 10.3. The van der Waals surface area contributed by atoms with Gasteiger partial charge in [-0.3, -0.25) is 20.0 Å². The fourth-order valence-corrected chi connectivity index (χ4v) is 1.41. The van der Waals surface area contributed by atoms with Crippen LogP contribution in [0.3, 0.4) is 0 Å². The molecule has 8 heteroatoms. The van der Waals surface area contributed by atoms with E-state index < -0.39 is 16.7 Å². The summed E-state index contributed by atoms with van der Waals surface area (Å²) >= 11 is 0. The van der Waals surface area contributed by atoms with E-state index in [9.17, 15) is 14.9 Å². The minimum absolute atomic E-state index is 0.127. The van der Waals surface area contributed by atoms with Gasteiger partial charge in [-0.1, -0.05) is 6.92 Å². The van der Waals surface area contributed by atoms with Crippen LogP contribution in [0, 0.1) is 10.1 Å². The summed E-state index contributed by atoms with van der Waals surface area (Å²) in [5.41, 5.74) is 0.837. The van der Waals surface area contributed by atoms with Gasteiger partial charge in [-0.2, -0.15) is 5.10 Å². The second kappa shape index (κ2) is 4.70. The van der Waals surface area contributed by atoms with E-state index in [-0.39, 0.29) is 5.76 Å². The highest BCUT2D eigenvalue weighted by Gasteiger charge is 2.18. The zero-order valence-corrected chi connectivity index (χ0v) is 9.47. The van der Waals surface area contributed by atoms with Gasteiger partial charge in [-0.25, -0.2) is 0 Å². The molecule has 0 aromatic carbocycles. The van der Waals surface area contributed by atoms with E-state index in [4.69, 9.17) is 4.42 Å². The van der Waals surface area contributed by atoms with Crippen LogP contribution in [0.5, 0.6) is 0 Å². The zero-order valence-electron chi connectivity index (χ0n) is 9.47. The summed E-state index contributed by atoms with van der Waals surface area (Å²) in [4.78, 5) is 21.5. The van der Waals surface area contributed by atoms with Gasteiger partial charge in [0.2, 0.25) is 0 Å². The van der Waals surface area contributed by atoms with E-state index in [1.165, 1.54) is 6.07 Å². The van der Waals surface area contributed by atoms with E-state index in [2.05, 4.69) is 15.5 Å². The molecule has 0 spiro atoms. The van der Waals surface area contributed by atoms with Crippen LogP contribution in [0.1, 0.15) is 23.0 Å². The number of hydrogen-bond donors (Lipinski definition) is 2. The summed E-state index contributed by atoms with van der Waals surface area (Å²) in [7, 11) is 0. The predicted octanol–water partition coefficient (Wildman–Crippen LogP) is 1.73. The second-order valence-electron chi connectivity index (χ2n) is 3.47. The summed E-state index contributed by atoms with van der Waals surface area (Å²) < 4.78 is 4.78. The first-order valence-electron chi connectivity index (χ1n) is 5.19. The van der Waals surface area contributed by atoms with Gasteiger partial charge < -0.3 is 9.73 Å². The van der Waals surface area contributed by atoms with Crippen molar-refractivity contribution in [2.75, 3.05) is 5.32 Å². The van der Waals surface area contributed by atoms with Crippen LogP contribution >= 0.6 is 0 Å². The van der Waals surface area contributed by atoms with Crippen LogP contribution in [0.4, 0.5) is 11.7 Å². The number of aromatic amines is 1. The Hall–Kier alpha value is -2.64. The Morgan fingerprint density at radius 3 is 3.00 bits per heavy atom. The Labute approximate surface area is 101 Å². The van der Waals surface area contributed by atoms with Crippen molar-refractivity contribution in [1.82, 2.24) is 10.2 Å². The van der Waals surface area contributed by atoms with Crippen LogP contribution in [0.25, 0.3) is 0 Å². The summed E-state index contributed by atoms with van der Waals surface area (Å²) in [6.45, 7) is 1.91. The van der Waals surface area contributed by atoms with E-state index in [0.717, 1.165) is 11.6 Å². The first kappa shape index (κ1) is 11.8. The SMILES string of the molecule is CCc1cn[nH]c1NC(=O)c1ccc([N+](=O)[O-])o1. The van der Waals surface area contributed by atoms with Crippen molar-refractivity contribution in [3.8, 4) is 0 Å². The molecule has 0 aliphatic heterocycles. The monoisotopic (exact) mass is 250 g/mol. The number of rotatable bonds is 4. The van der Waals surface area contributed by atoms with Crippen molar-refractivity contribution in [1.29, 1.82) is 0 Å². The van der Waals surface area contributed by atoms with Crippen molar-refractivity contribution in [3.05, 3.63) is 39.8 Å². The number of aryl methyl sites for hydroxylation is 1. The number of carbonyl (C=O) groups is 1. The maximum absolute atomic E-state index is 11.7. The molecule has 2 aromatic rings. The van der Waals surface area contributed by atoms with Crippen molar-refractivity contribution in [2.24, 2.45) is 0 Å². The highest BCUT2D eigenvalue weighted by Crippen LogP contribution is 2.18. The molecule has 2 rings (SSSR count). The molecule has 0 saturated carbocycles. The van der Waals surface area contributed by atoms with E-state index in [1.54, 1.807) is 6.20 Å². The van der Waals surface area contributed by atoms with Crippen LogP contribution in [-0.2, 0) is 6.42 Å². The minimum Gasteiger partial charge on any atom is -0.395 e. The smallest absolute Gasteiger partial charge is 0.395 e. The van der Waals surface area contributed by atoms with Gasteiger partial charge in [0.05, 0.1) is 12.3 Å². The number of anilines is 1. The van der Waals surface area contributed by atoms with Crippen LogP contribution in [-0.4, -0.2) is 21.0 Å². The average Bonchev–Trinajstić information content (AvgIpc) is 2.96. The lowest BCUT2D eigenvalue weighted by Gasteiger charge is -2.01. The fraction of sp³-hybridized carbons (Fsp3) is 0.200. The van der Waals surface area contributed by atoms with Gasteiger partial charge in [0.15, 0.2) is 5.76 Å². The Bertz CT molecular complexity index is 586. The molecule has 0 unspecified atom stereocenters. The maximum Gasteiger partial charge on any atom is 0.433 e. The number of nitro groups is 1. The molecule has 8 nitrogen and oxygen atoms in total. The Kier molecular flexibility index (Phi) is 3.09. The molecule has 94 valence electrons. The van der Waals surface area contributed by atoms with Crippen molar-refractivity contribution in [2.45, 2.75) is 13.3 Å². The van der Waals surface area contributed by atoms with Crippen molar-refractivity contribution < 1.29 is 14.1 Å². The van der Waals surface area contributed by atoms with Crippen LogP contribution < -0.4 is 5.32 Å². The topological polar surface area (TPSA) is 114 Å².